The summed E-state index contributed by atoms with van der Waals surface area (Å²) in [6.45, 7) is 0. The van der Waals surface area contributed by atoms with Crippen molar-refractivity contribution in [2.45, 2.75) is 31.7 Å². The predicted molar refractivity (Wildman–Crippen MR) is 125 cm³/mol. The number of carboxylic acids is 1. The van der Waals surface area contributed by atoms with Gasteiger partial charge in [0.1, 0.15) is 22.7 Å². The third-order valence-corrected chi connectivity index (χ3v) is 7.52. The number of carboxylic acid groups (broad SMARTS) is 1. The largest absolute Gasteiger partial charge is 0.481 e. The topological polar surface area (TPSA) is 137 Å². The monoisotopic (exact) mass is 477 g/mol. The summed E-state index contributed by atoms with van der Waals surface area (Å²) in [5, 5.41) is 21.2. The maximum Gasteiger partial charge on any atom is 0.308 e. The van der Waals surface area contributed by atoms with E-state index in [1.54, 1.807) is 18.3 Å². The van der Waals surface area contributed by atoms with Gasteiger partial charge in [-0.15, -0.1) is 5.10 Å². The average molecular weight is 478 g/mol. The molecular weight excluding hydrogens is 453 g/mol. The van der Waals surface area contributed by atoms with E-state index in [2.05, 4.69) is 25.7 Å². The Morgan fingerprint density at radius 3 is 2.71 bits per heavy atom. The Labute approximate surface area is 199 Å². The van der Waals surface area contributed by atoms with Crippen molar-refractivity contribution in [1.82, 2.24) is 29.9 Å². The first-order valence-electron chi connectivity index (χ1n) is 11.7. The molecule has 4 N–H and O–H groups in total. The Hall–Kier alpha value is -4.02. The quantitative estimate of drug-likeness (QED) is 0.347. The molecule has 1 amide bonds. The van der Waals surface area contributed by atoms with Gasteiger partial charge in [0.15, 0.2) is 11.6 Å². The van der Waals surface area contributed by atoms with Crippen LogP contribution in [0.15, 0.2) is 30.6 Å². The van der Waals surface area contributed by atoms with Gasteiger partial charge in [0, 0.05) is 30.2 Å². The molecule has 4 aromatic heterocycles. The number of H-pyrrole nitrogens is 1. The maximum atomic E-state index is 14.0. The molecule has 3 saturated carbocycles. The molecule has 4 aromatic rings. The fourth-order valence-corrected chi connectivity index (χ4v) is 5.85. The van der Waals surface area contributed by atoms with Crippen LogP contribution in [0.25, 0.3) is 27.9 Å². The van der Waals surface area contributed by atoms with Crippen LogP contribution in [0.4, 0.5) is 10.2 Å². The van der Waals surface area contributed by atoms with Gasteiger partial charge >= 0.3 is 5.97 Å². The van der Waals surface area contributed by atoms with Gasteiger partial charge in [-0.3, -0.25) is 9.59 Å². The molecule has 0 unspecified atom stereocenters. The molecule has 2 atom stereocenters. The smallest absolute Gasteiger partial charge is 0.308 e. The van der Waals surface area contributed by atoms with E-state index in [0.717, 1.165) is 31.9 Å². The highest BCUT2D eigenvalue weighted by molar-refractivity contribution is 5.95. The van der Waals surface area contributed by atoms with Crippen molar-refractivity contribution < 1.29 is 19.1 Å². The van der Waals surface area contributed by atoms with Crippen LogP contribution in [0, 0.1) is 23.6 Å². The van der Waals surface area contributed by atoms with Crippen LogP contribution in [0.1, 0.15) is 36.2 Å². The van der Waals surface area contributed by atoms with Gasteiger partial charge in [-0.1, -0.05) is 0 Å². The molecule has 2 bridgehead atoms. The van der Waals surface area contributed by atoms with E-state index in [1.165, 1.54) is 17.6 Å². The summed E-state index contributed by atoms with van der Waals surface area (Å²) in [5.41, 5.74) is 1.86. The number of nitrogens with zero attached hydrogens (tertiary/aromatic N) is 4. The first-order valence-corrected chi connectivity index (χ1v) is 11.7. The van der Waals surface area contributed by atoms with Crippen molar-refractivity contribution in [3.63, 3.8) is 0 Å². The molecule has 35 heavy (non-hydrogen) atoms. The first kappa shape index (κ1) is 21.5. The van der Waals surface area contributed by atoms with E-state index in [9.17, 15) is 19.1 Å². The maximum absolute atomic E-state index is 14.0. The summed E-state index contributed by atoms with van der Waals surface area (Å²) in [5.74, 6) is -1.09. The van der Waals surface area contributed by atoms with Crippen LogP contribution in [0.2, 0.25) is 0 Å². The third-order valence-electron chi connectivity index (χ3n) is 7.52. The Morgan fingerprint density at radius 1 is 1.20 bits per heavy atom. The molecule has 3 fully saturated rings. The lowest BCUT2D eigenvalue weighted by atomic mass is 9.61. The second kappa shape index (κ2) is 8.03. The van der Waals surface area contributed by atoms with Crippen LogP contribution in [0.3, 0.4) is 0 Å². The molecule has 3 aliphatic carbocycles. The van der Waals surface area contributed by atoms with Crippen molar-refractivity contribution in [3.05, 3.63) is 42.1 Å². The Balaban J connectivity index is 1.52. The van der Waals surface area contributed by atoms with Gasteiger partial charge in [0.2, 0.25) is 0 Å². The summed E-state index contributed by atoms with van der Waals surface area (Å²) in [4.78, 5) is 36.6. The van der Waals surface area contributed by atoms with Crippen molar-refractivity contribution in [2.24, 2.45) is 17.8 Å². The van der Waals surface area contributed by atoms with Crippen molar-refractivity contribution >= 4 is 34.2 Å². The lowest BCUT2D eigenvalue weighted by Gasteiger charge is -2.47. The number of pyridine rings is 1. The Kier molecular flexibility index (Phi) is 4.94. The summed E-state index contributed by atoms with van der Waals surface area (Å²) < 4.78 is 15.5. The van der Waals surface area contributed by atoms with Crippen molar-refractivity contribution in [2.75, 3.05) is 12.4 Å². The zero-order valence-electron chi connectivity index (χ0n) is 19.0. The minimum absolute atomic E-state index is 0.128. The number of anilines is 1. The predicted octanol–water partition coefficient (Wildman–Crippen LogP) is 3.07. The highest BCUT2D eigenvalue weighted by Gasteiger charge is 2.47. The van der Waals surface area contributed by atoms with E-state index in [0.29, 0.717) is 33.6 Å². The van der Waals surface area contributed by atoms with Crippen LogP contribution in [-0.4, -0.2) is 54.6 Å². The molecule has 0 radical (unpaired) electrons. The molecule has 3 aliphatic rings. The number of carbonyl (C=O) groups excluding carboxylic acids is 1. The molecule has 10 nitrogen and oxygen atoms in total. The van der Waals surface area contributed by atoms with Gasteiger partial charge in [-0.25, -0.2) is 18.9 Å². The second-order valence-electron chi connectivity index (χ2n) is 9.34. The minimum atomic E-state index is -0.804. The Bertz CT molecular complexity index is 1470. The number of amides is 1. The van der Waals surface area contributed by atoms with Crippen LogP contribution in [0.5, 0.6) is 0 Å². The van der Waals surface area contributed by atoms with E-state index >= 15 is 0 Å². The molecule has 0 saturated heterocycles. The van der Waals surface area contributed by atoms with Gasteiger partial charge in [-0.05, 0) is 55.7 Å². The first-order chi connectivity index (χ1) is 16.9. The van der Waals surface area contributed by atoms with Gasteiger partial charge in [0.25, 0.3) is 5.91 Å². The summed E-state index contributed by atoms with van der Waals surface area (Å²) in [6, 6.07) is 4.46. The summed E-state index contributed by atoms with van der Waals surface area (Å²) in [6.07, 6.45) is 6.55. The second-order valence-corrected chi connectivity index (χ2v) is 9.34. The Morgan fingerprint density at radius 2 is 1.97 bits per heavy atom. The number of aromatic amines is 1. The van der Waals surface area contributed by atoms with Crippen molar-refractivity contribution in [1.29, 1.82) is 0 Å². The van der Waals surface area contributed by atoms with E-state index < -0.39 is 17.7 Å². The number of hydrogen-bond acceptors (Lipinski definition) is 6. The molecule has 180 valence electrons. The number of aromatic nitrogens is 5. The summed E-state index contributed by atoms with van der Waals surface area (Å²) in [7, 11) is 1.54. The fourth-order valence-electron chi connectivity index (χ4n) is 5.85. The highest BCUT2D eigenvalue weighted by atomic mass is 19.1. The van der Waals surface area contributed by atoms with Crippen LogP contribution >= 0.6 is 0 Å². The van der Waals surface area contributed by atoms with Crippen LogP contribution in [-0.2, 0) is 4.79 Å². The van der Waals surface area contributed by atoms with Crippen LogP contribution < -0.4 is 10.6 Å². The SMILES string of the molecule is CNC(=O)c1ccc2c(N[C@H]3C4CCC(CC4)[C@@H]3C(=O)O)nc(-c3c[nH]c4ncc(F)cc34)nn12. The zero-order valence-corrected chi connectivity index (χ0v) is 19.0. The van der Waals surface area contributed by atoms with Gasteiger partial charge < -0.3 is 20.7 Å². The van der Waals surface area contributed by atoms with E-state index in [4.69, 9.17) is 4.98 Å². The number of nitrogens with one attached hydrogen (secondary N) is 3. The number of fused-ring (bicyclic) bond motifs is 5. The lowest BCUT2D eigenvalue weighted by Crippen LogP contribution is -2.51. The minimum Gasteiger partial charge on any atom is -0.481 e. The summed E-state index contributed by atoms with van der Waals surface area (Å²) >= 11 is 0. The van der Waals surface area contributed by atoms with Gasteiger partial charge in [-0.2, -0.15) is 0 Å². The standard InChI is InChI=1S/C24H24FN7O3/c1-26-23(33)17-7-6-16-22(29-19-12-4-2-11(3-5-12)18(19)24(34)35)30-21(31-32(16)17)15-10-28-20-14(15)8-13(25)9-27-20/h6-12,18-19H,2-5H2,1H3,(H,26,33)(H,27,28)(H,34,35)(H,29,30,31)/t11?,12?,18-,19-/m0/s1. The van der Waals surface area contributed by atoms with Crippen molar-refractivity contribution in [3.8, 4) is 11.4 Å². The molecular formula is C24H24FN7O3. The molecule has 4 heterocycles. The lowest BCUT2D eigenvalue weighted by molar-refractivity contribution is -0.148. The normalized spacial score (nSPS) is 23.6. The third kappa shape index (κ3) is 3.41. The van der Waals surface area contributed by atoms with E-state index in [-0.39, 0.29) is 29.6 Å². The number of halogens is 1. The molecule has 0 spiro atoms. The highest BCUT2D eigenvalue weighted by Crippen LogP contribution is 2.46. The fraction of sp³-hybridized carbons (Fsp3) is 0.375. The molecule has 11 heteroatoms. The number of rotatable bonds is 5. The molecule has 7 rings (SSSR count). The number of hydrogen-bond donors (Lipinski definition) is 4. The molecule has 0 aromatic carbocycles. The average Bonchev–Trinajstić information content (AvgIpc) is 3.48. The van der Waals surface area contributed by atoms with Gasteiger partial charge in [0.05, 0.1) is 12.1 Å². The van der Waals surface area contributed by atoms with E-state index in [1.807, 2.05) is 0 Å². The number of carbonyl (C=O) groups is 2. The zero-order chi connectivity index (χ0) is 24.3. The molecule has 0 aliphatic heterocycles. The number of aliphatic carboxylic acids is 1.